The van der Waals surface area contributed by atoms with E-state index in [1.54, 1.807) is 17.0 Å². The molecule has 1 aliphatic heterocycles. The molecule has 0 radical (unpaired) electrons. The highest BCUT2D eigenvalue weighted by atomic mass is 19.1. The van der Waals surface area contributed by atoms with Crippen molar-refractivity contribution >= 4 is 5.91 Å². The van der Waals surface area contributed by atoms with Gasteiger partial charge in [-0.2, -0.15) is 0 Å². The lowest BCUT2D eigenvalue weighted by atomic mass is 10.1. The molecule has 5 heteroatoms. The molecule has 0 aromatic heterocycles. The fraction of sp³-hybridized carbons (Fsp3) is 0.500. The van der Waals surface area contributed by atoms with E-state index in [1.807, 2.05) is 6.92 Å². The molecule has 1 aromatic carbocycles. The SMILES string of the molecule is Cc1ccc(F)c(OCC(=O)N2CCC(CO)C2)c1. The molecular weight excluding hydrogens is 249 g/mol. The molecule has 0 spiro atoms. The van der Waals surface area contributed by atoms with Crippen molar-refractivity contribution in [1.29, 1.82) is 0 Å². The van der Waals surface area contributed by atoms with Gasteiger partial charge in [-0.15, -0.1) is 0 Å². The molecule has 1 fully saturated rings. The summed E-state index contributed by atoms with van der Waals surface area (Å²) in [5.74, 6) is -0.379. The second-order valence-electron chi connectivity index (χ2n) is 4.90. The molecule has 19 heavy (non-hydrogen) atoms. The van der Waals surface area contributed by atoms with E-state index < -0.39 is 5.82 Å². The summed E-state index contributed by atoms with van der Waals surface area (Å²) in [5.41, 5.74) is 0.880. The first-order valence-corrected chi connectivity index (χ1v) is 6.37. The Kier molecular flexibility index (Phi) is 4.37. The van der Waals surface area contributed by atoms with Gasteiger partial charge in [-0.3, -0.25) is 4.79 Å². The lowest BCUT2D eigenvalue weighted by Crippen LogP contribution is -2.33. The molecule has 1 N–H and O–H groups in total. The summed E-state index contributed by atoms with van der Waals surface area (Å²) in [6.45, 7) is 2.94. The molecule has 0 aliphatic carbocycles. The smallest absolute Gasteiger partial charge is 0.260 e. The number of ether oxygens (including phenoxy) is 1. The fourth-order valence-electron chi connectivity index (χ4n) is 2.16. The van der Waals surface area contributed by atoms with Crippen LogP contribution in [0.1, 0.15) is 12.0 Å². The third-order valence-electron chi connectivity index (χ3n) is 3.33. The van der Waals surface area contributed by atoms with Crippen LogP contribution in [0.5, 0.6) is 5.75 Å². The number of benzene rings is 1. The van der Waals surface area contributed by atoms with Gasteiger partial charge in [0.1, 0.15) is 0 Å². The molecule has 0 saturated carbocycles. The Labute approximate surface area is 111 Å². The number of nitrogens with zero attached hydrogens (tertiary/aromatic N) is 1. The van der Waals surface area contributed by atoms with E-state index in [4.69, 9.17) is 9.84 Å². The molecule has 1 unspecified atom stereocenters. The third kappa shape index (κ3) is 3.44. The van der Waals surface area contributed by atoms with E-state index in [-0.39, 0.29) is 30.8 Å². The van der Waals surface area contributed by atoms with Crippen LogP contribution >= 0.6 is 0 Å². The van der Waals surface area contributed by atoms with Crippen molar-refractivity contribution in [3.8, 4) is 5.75 Å². The summed E-state index contributed by atoms with van der Waals surface area (Å²) in [6, 6.07) is 4.55. The van der Waals surface area contributed by atoms with Gasteiger partial charge < -0.3 is 14.7 Å². The van der Waals surface area contributed by atoms with Crippen LogP contribution in [0.15, 0.2) is 18.2 Å². The largest absolute Gasteiger partial charge is 0.481 e. The van der Waals surface area contributed by atoms with Crippen LogP contribution in [-0.4, -0.2) is 42.2 Å². The first-order chi connectivity index (χ1) is 9.10. The normalized spacial score (nSPS) is 18.7. The van der Waals surface area contributed by atoms with Gasteiger partial charge >= 0.3 is 0 Å². The van der Waals surface area contributed by atoms with E-state index in [0.29, 0.717) is 13.1 Å². The maximum Gasteiger partial charge on any atom is 0.260 e. The van der Waals surface area contributed by atoms with Crippen molar-refractivity contribution in [1.82, 2.24) is 4.90 Å². The zero-order valence-electron chi connectivity index (χ0n) is 10.9. The average molecular weight is 267 g/mol. The van der Waals surface area contributed by atoms with Gasteiger partial charge in [-0.1, -0.05) is 6.07 Å². The first-order valence-electron chi connectivity index (χ1n) is 6.37. The van der Waals surface area contributed by atoms with Crippen molar-refractivity contribution in [2.75, 3.05) is 26.3 Å². The highest BCUT2D eigenvalue weighted by molar-refractivity contribution is 5.78. The minimum Gasteiger partial charge on any atom is -0.481 e. The Morgan fingerprint density at radius 1 is 1.58 bits per heavy atom. The fourth-order valence-corrected chi connectivity index (χ4v) is 2.16. The first kappa shape index (κ1) is 13.8. The van der Waals surface area contributed by atoms with Crippen molar-refractivity contribution < 1.29 is 19.0 Å². The van der Waals surface area contributed by atoms with Gasteiger partial charge in [0, 0.05) is 25.6 Å². The number of carbonyl (C=O) groups excluding carboxylic acids is 1. The number of hydrogen-bond donors (Lipinski definition) is 1. The number of hydrogen-bond acceptors (Lipinski definition) is 3. The van der Waals surface area contributed by atoms with Crippen LogP contribution in [0.2, 0.25) is 0 Å². The van der Waals surface area contributed by atoms with Crippen molar-refractivity contribution in [3.05, 3.63) is 29.6 Å². The number of rotatable bonds is 4. The predicted octanol–water partition coefficient (Wildman–Crippen LogP) is 1.35. The summed E-state index contributed by atoms with van der Waals surface area (Å²) in [5, 5.41) is 9.02. The van der Waals surface area contributed by atoms with E-state index in [2.05, 4.69) is 0 Å². The number of aryl methyl sites for hydroxylation is 1. The molecule has 0 bridgehead atoms. The quantitative estimate of drug-likeness (QED) is 0.896. The zero-order valence-corrected chi connectivity index (χ0v) is 10.9. The zero-order chi connectivity index (χ0) is 13.8. The third-order valence-corrected chi connectivity index (χ3v) is 3.33. The van der Waals surface area contributed by atoms with E-state index in [9.17, 15) is 9.18 Å². The number of carbonyl (C=O) groups is 1. The van der Waals surface area contributed by atoms with E-state index >= 15 is 0 Å². The molecular formula is C14H18FNO3. The number of aliphatic hydroxyl groups excluding tert-OH is 1. The molecule has 1 atom stereocenters. The molecule has 1 heterocycles. The molecule has 2 rings (SSSR count). The van der Waals surface area contributed by atoms with Crippen LogP contribution < -0.4 is 4.74 Å². The predicted molar refractivity (Wildman–Crippen MR) is 68.4 cm³/mol. The maximum atomic E-state index is 13.4. The maximum absolute atomic E-state index is 13.4. The Morgan fingerprint density at radius 3 is 3.05 bits per heavy atom. The molecule has 1 aliphatic rings. The van der Waals surface area contributed by atoms with Crippen molar-refractivity contribution in [3.63, 3.8) is 0 Å². The summed E-state index contributed by atoms with van der Waals surface area (Å²) in [6.07, 6.45) is 0.807. The summed E-state index contributed by atoms with van der Waals surface area (Å²) >= 11 is 0. The molecule has 104 valence electrons. The average Bonchev–Trinajstić information content (AvgIpc) is 2.88. The summed E-state index contributed by atoms with van der Waals surface area (Å²) in [4.78, 5) is 13.5. The van der Waals surface area contributed by atoms with Crippen molar-refractivity contribution in [2.45, 2.75) is 13.3 Å². The van der Waals surface area contributed by atoms with Crippen LogP contribution in [0.25, 0.3) is 0 Å². The number of amides is 1. The Bertz CT molecular complexity index is 464. The molecule has 4 nitrogen and oxygen atoms in total. The standard InChI is InChI=1S/C14H18FNO3/c1-10-2-3-12(15)13(6-10)19-9-14(18)16-5-4-11(7-16)8-17/h2-3,6,11,17H,4-5,7-9H2,1H3. The lowest BCUT2D eigenvalue weighted by molar-refractivity contribution is -0.132. The summed E-state index contributed by atoms with van der Waals surface area (Å²) < 4.78 is 18.7. The van der Waals surface area contributed by atoms with Crippen LogP contribution in [0, 0.1) is 18.7 Å². The van der Waals surface area contributed by atoms with Gasteiger partial charge in [0.2, 0.25) is 0 Å². The minimum absolute atomic E-state index is 0.0944. The van der Waals surface area contributed by atoms with Gasteiger partial charge in [0.25, 0.3) is 5.91 Å². The van der Waals surface area contributed by atoms with E-state index in [1.165, 1.54) is 6.07 Å². The van der Waals surface area contributed by atoms with Crippen molar-refractivity contribution in [2.24, 2.45) is 5.92 Å². The second-order valence-corrected chi connectivity index (χ2v) is 4.90. The molecule has 1 amide bonds. The number of aliphatic hydroxyl groups is 1. The van der Waals surface area contributed by atoms with Gasteiger partial charge in [0.05, 0.1) is 0 Å². The number of likely N-dealkylation sites (tertiary alicyclic amines) is 1. The van der Waals surface area contributed by atoms with Gasteiger partial charge in [0.15, 0.2) is 18.2 Å². The Hall–Kier alpha value is -1.62. The van der Waals surface area contributed by atoms with Gasteiger partial charge in [-0.25, -0.2) is 4.39 Å². The summed E-state index contributed by atoms with van der Waals surface area (Å²) in [7, 11) is 0. The van der Waals surface area contributed by atoms with Crippen LogP contribution in [0.4, 0.5) is 4.39 Å². The van der Waals surface area contributed by atoms with E-state index in [0.717, 1.165) is 12.0 Å². The lowest BCUT2D eigenvalue weighted by Gasteiger charge is -2.16. The highest BCUT2D eigenvalue weighted by Gasteiger charge is 2.25. The second kappa shape index (κ2) is 6.02. The minimum atomic E-state index is -0.465. The number of halogens is 1. The Morgan fingerprint density at radius 2 is 2.37 bits per heavy atom. The topological polar surface area (TPSA) is 49.8 Å². The molecule has 1 aromatic rings. The monoisotopic (exact) mass is 267 g/mol. The molecule has 1 saturated heterocycles. The van der Waals surface area contributed by atoms with Crippen LogP contribution in [-0.2, 0) is 4.79 Å². The highest BCUT2D eigenvalue weighted by Crippen LogP contribution is 2.19. The van der Waals surface area contributed by atoms with Crippen LogP contribution in [0.3, 0.4) is 0 Å². The van der Waals surface area contributed by atoms with Gasteiger partial charge in [-0.05, 0) is 31.0 Å². The Balaban J connectivity index is 1.88.